The number of carbonyl (C=O) groups is 1. The van der Waals surface area contributed by atoms with Gasteiger partial charge in [-0.1, -0.05) is 0 Å². The Balaban J connectivity index is 0.000000717. The van der Waals surface area contributed by atoms with Gasteiger partial charge in [0, 0.05) is 44.3 Å². The number of ether oxygens (including phenoxy) is 3. The van der Waals surface area contributed by atoms with Crippen molar-refractivity contribution >= 4 is 34.6 Å². The van der Waals surface area contributed by atoms with Gasteiger partial charge in [-0.15, -0.1) is 0 Å². The summed E-state index contributed by atoms with van der Waals surface area (Å²) < 4.78 is 70.2. The number of carbonyl (C=O) groups excluding carboxylic acids is 1. The zero-order chi connectivity index (χ0) is 33.5. The molecule has 3 fully saturated rings. The molecule has 0 saturated carbocycles. The number of thiocarbonyl (C=S) groups is 1. The van der Waals surface area contributed by atoms with Crippen LogP contribution in [0.15, 0.2) is 36.4 Å². The zero-order valence-corrected chi connectivity index (χ0v) is 27.0. The van der Waals surface area contributed by atoms with Gasteiger partial charge in [0.25, 0.3) is 5.91 Å². The lowest BCUT2D eigenvalue weighted by Gasteiger charge is -2.32. The Morgan fingerprint density at radius 3 is 2.37 bits per heavy atom. The number of halogens is 4. The molecule has 0 spiro atoms. The summed E-state index contributed by atoms with van der Waals surface area (Å²) in [6.45, 7) is 11.7. The second-order valence-corrected chi connectivity index (χ2v) is 12.0. The minimum atomic E-state index is -4.79. The molecule has 46 heavy (non-hydrogen) atoms. The van der Waals surface area contributed by atoms with Crippen molar-refractivity contribution in [3.8, 4) is 11.8 Å². The fourth-order valence-corrected chi connectivity index (χ4v) is 6.06. The van der Waals surface area contributed by atoms with E-state index in [-0.39, 0.29) is 17.2 Å². The average molecular weight is 666 g/mol. The van der Waals surface area contributed by atoms with E-state index in [1.807, 2.05) is 0 Å². The van der Waals surface area contributed by atoms with E-state index in [0.29, 0.717) is 29.6 Å². The maximum Gasteiger partial charge on any atom is 0.417 e. The Kier molecular flexibility index (Phi) is 12.0. The van der Waals surface area contributed by atoms with Crippen molar-refractivity contribution in [1.29, 1.82) is 5.26 Å². The Morgan fingerprint density at radius 2 is 1.78 bits per heavy atom. The molecule has 9 nitrogen and oxygen atoms in total. The molecule has 3 heterocycles. The first-order chi connectivity index (χ1) is 21.9. The predicted molar refractivity (Wildman–Crippen MR) is 170 cm³/mol. The smallest absolute Gasteiger partial charge is 0.417 e. The highest BCUT2D eigenvalue weighted by molar-refractivity contribution is 7.81. The summed E-state index contributed by atoms with van der Waals surface area (Å²) in [6, 6.07) is 10.1. The fraction of sp³-hybridized carbons (Fsp3) is 0.531. The van der Waals surface area contributed by atoms with E-state index in [1.54, 1.807) is 36.9 Å². The van der Waals surface area contributed by atoms with Crippen LogP contribution in [0.5, 0.6) is 5.75 Å². The molecule has 1 N–H and O–H groups in total. The lowest BCUT2D eigenvalue weighted by atomic mass is 10.0. The van der Waals surface area contributed by atoms with Crippen LogP contribution in [0.4, 0.5) is 28.9 Å². The fourth-order valence-electron chi connectivity index (χ4n) is 5.54. The minimum absolute atomic E-state index is 0.0273. The average Bonchev–Trinajstić information content (AvgIpc) is 3.21. The van der Waals surface area contributed by atoms with E-state index in [9.17, 15) is 22.4 Å². The van der Waals surface area contributed by atoms with Gasteiger partial charge in [0.05, 0.1) is 56.0 Å². The highest BCUT2D eigenvalue weighted by atomic mass is 32.1. The molecule has 2 aromatic carbocycles. The summed E-state index contributed by atoms with van der Waals surface area (Å²) in [5.74, 6) is -0.00875. The summed E-state index contributed by atoms with van der Waals surface area (Å²) in [6.07, 6.45) is -4.71. The molecule has 2 aromatic rings. The molecular weight excluding hydrogens is 626 g/mol. The molecule has 0 unspecified atom stereocenters. The van der Waals surface area contributed by atoms with E-state index in [0.717, 1.165) is 69.6 Å². The van der Waals surface area contributed by atoms with Crippen molar-refractivity contribution in [3.63, 3.8) is 0 Å². The molecule has 14 heteroatoms. The number of nitriles is 1. The van der Waals surface area contributed by atoms with Crippen molar-refractivity contribution in [2.45, 2.75) is 44.9 Å². The lowest BCUT2D eigenvalue weighted by Crippen LogP contribution is -2.50. The summed E-state index contributed by atoms with van der Waals surface area (Å²) in [7, 11) is 0. The second-order valence-electron chi connectivity index (χ2n) is 11.6. The van der Waals surface area contributed by atoms with Gasteiger partial charge in [0.2, 0.25) is 0 Å². The van der Waals surface area contributed by atoms with Crippen LogP contribution in [0.25, 0.3) is 0 Å². The Bertz CT molecular complexity index is 1420. The topological polar surface area (TPSA) is 90.3 Å². The Hall–Kier alpha value is -3.35. The van der Waals surface area contributed by atoms with Crippen molar-refractivity contribution in [2.75, 3.05) is 75.7 Å². The Morgan fingerprint density at radius 1 is 1.11 bits per heavy atom. The van der Waals surface area contributed by atoms with Crippen molar-refractivity contribution in [1.82, 2.24) is 10.2 Å². The number of aryl methyl sites for hydroxylation is 1. The molecule has 0 radical (unpaired) electrons. The zero-order valence-electron chi connectivity index (χ0n) is 26.2. The van der Waals surface area contributed by atoms with Gasteiger partial charge in [-0.3, -0.25) is 19.0 Å². The molecule has 0 aromatic heterocycles. The summed E-state index contributed by atoms with van der Waals surface area (Å²) in [5.41, 5.74) is -1.97. The quantitative estimate of drug-likeness (QED) is 0.318. The maximum absolute atomic E-state index is 13.6. The number of nitrogens with one attached hydrogen (secondary N) is 1. The molecular formula is C32H39F4N5O4S. The number of hydrogen-bond donors (Lipinski definition) is 1. The van der Waals surface area contributed by atoms with Crippen molar-refractivity contribution in [2.24, 2.45) is 0 Å². The number of piperazine rings is 1. The molecule has 1 atom stereocenters. The van der Waals surface area contributed by atoms with Crippen LogP contribution >= 0.6 is 12.2 Å². The highest BCUT2D eigenvalue weighted by Gasteiger charge is 2.50. The summed E-state index contributed by atoms with van der Waals surface area (Å²) >= 11 is 5.61. The van der Waals surface area contributed by atoms with Crippen LogP contribution in [0, 0.1) is 11.3 Å². The first-order valence-corrected chi connectivity index (χ1v) is 15.5. The highest BCUT2D eigenvalue weighted by Crippen LogP contribution is 2.40. The van der Waals surface area contributed by atoms with Crippen LogP contribution in [-0.4, -0.2) is 93.4 Å². The van der Waals surface area contributed by atoms with Crippen LogP contribution < -0.4 is 19.9 Å². The van der Waals surface area contributed by atoms with Crippen LogP contribution in [0.1, 0.15) is 37.5 Å². The van der Waals surface area contributed by atoms with E-state index >= 15 is 0 Å². The molecule has 0 aliphatic carbocycles. The van der Waals surface area contributed by atoms with Crippen LogP contribution in [-0.2, 0) is 26.9 Å². The van der Waals surface area contributed by atoms with Crippen molar-refractivity contribution < 1.29 is 36.6 Å². The first-order valence-electron chi connectivity index (χ1n) is 15.1. The van der Waals surface area contributed by atoms with E-state index < -0.39 is 35.4 Å². The number of alkyl halides is 4. The number of amides is 1. The second kappa shape index (κ2) is 15.5. The predicted octanol–water partition coefficient (Wildman–Crippen LogP) is 4.71. The number of hydrogen-bond acceptors (Lipinski definition) is 8. The molecule has 3 aliphatic rings. The van der Waals surface area contributed by atoms with E-state index in [1.165, 1.54) is 12.1 Å². The van der Waals surface area contributed by atoms with Crippen LogP contribution in [0.2, 0.25) is 0 Å². The van der Waals surface area contributed by atoms with E-state index in [2.05, 4.69) is 17.1 Å². The molecule has 250 valence electrons. The third-order valence-electron chi connectivity index (χ3n) is 7.88. The van der Waals surface area contributed by atoms with Gasteiger partial charge in [0.15, 0.2) is 5.11 Å². The van der Waals surface area contributed by atoms with E-state index in [4.69, 9.17) is 31.7 Å². The summed E-state index contributed by atoms with van der Waals surface area (Å²) in [4.78, 5) is 18.4. The number of benzene rings is 2. The van der Waals surface area contributed by atoms with Crippen LogP contribution in [0.3, 0.4) is 0 Å². The SMILES string of the molecule is C1COCCO1.C[C@@H]1CN(CCOc2ccc(N3C(=S)N(c4ccc(C#N)c(C(F)(F)F)c4)C(=O)C3(C)C)cc2CCF)CCN1. The number of anilines is 2. The summed E-state index contributed by atoms with van der Waals surface area (Å²) in [5, 5.41) is 12.5. The number of nitrogens with zero attached hydrogens (tertiary/aromatic N) is 4. The molecule has 3 aliphatic heterocycles. The number of rotatable bonds is 8. The van der Waals surface area contributed by atoms with Gasteiger partial charge in [-0.2, -0.15) is 18.4 Å². The largest absolute Gasteiger partial charge is 0.492 e. The standard InChI is InChI=1S/C28H31F4N5O2S.C4H8O2/c1-18-17-35(11-10-34-18)12-13-39-24-7-6-22(14-19(24)8-9-29)37-26(40)36(25(38)27(37,2)3)21-5-4-20(16-33)23(15-21)28(30,31)32;1-2-6-4-3-5-1/h4-7,14-15,18,34H,8-13,17H2,1-3H3;1-4H2/t18-;/m1./s1. The van der Waals surface area contributed by atoms with Gasteiger partial charge >= 0.3 is 6.18 Å². The Labute approximate surface area is 272 Å². The van der Waals surface area contributed by atoms with Crippen molar-refractivity contribution in [3.05, 3.63) is 53.1 Å². The minimum Gasteiger partial charge on any atom is -0.492 e. The lowest BCUT2D eigenvalue weighted by molar-refractivity contribution is -0.137. The normalized spacial score (nSPS) is 20.3. The third kappa shape index (κ3) is 8.32. The van der Waals surface area contributed by atoms with Gasteiger partial charge in [-0.25, -0.2) is 0 Å². The molecule has 0 bridgehead atoms. The monoisotopic (exact) mass is 665 g/mol. The third-order valence-corrected chi connectivity index (χ3v) is 8.25. The van der Waals surface area contributed by atoms with Gasteiger partial charge < -0.3 is 24.4 Å². The van der Waals surface area contributed by atoms with Gasteiger partial charge in [0.1, 0.15) is 17.9 Å². The maximum atomic E-state index is 13.6. The molecule has 3 saturated heterocycles. The molecule has 5 rings (SSSR count). The molecule has 1 amide bonds. The van der Waals surface area contributed by atoms with Gasteiger partial charge in [-0.05, 0) is 75.0 Å². The first kappa shape index (κ1) is 35.5.